The Kier molecular flexibility index (Phi) is 7.30. The number of hydrogen-bond donors (Lipinski definition) is 0. The second kappa shape index (κ2) is 10.1. The van der Waals surface area contributed by atoms with Gasteiger partial charge in [-0.25, -0.2) is 0 Å². The van der Waals surface area contributed by atoms with E-state index >= 15 is 0 Å². The number of carbonyl (C=O) groups excluding carboxylic acids is 1. The topological polar surface area (TPSA) is 56.6 Å². The van der Waals surface area contributed by atoms with E-state index in [0.717, 1.165) is 38.3 Å². The monoisotopic (exact) mass is 397 g/mol. The molecule has 2 aromatic carbocycles. The molecule has 0 unspecified atom stereocenters. The first-order valence-electron chi connectivity index (χ1n) is 9.52. The number of nitrogens with zero attached hydrogens (tertiary/aromatic N) is 3. The average Bonchev–Trinajstić information content (AvgIpc) is 2.74. The summed E-state index contributed by atoms with van der Waals surface area (Å²) in [5.74, 6) is 0.900. The van der Waals surface area contributed by atoms with Gasteiger partial charge in [-0.1, -0.05) is 35.9 Å². The van der Waals surface area contributed by atoms with Crippen LogP contribution >= 0.6 is 11.6 Å². The predicted octanol–water partition coefficient (Wildman–Crippen LogP) is 3.37. The average molecular weight is 398 g/mol. The summed E-state index contributed by atoms with van der Waals surface area (Å²) in [7, 11) is 0. The molecule has 0 atom stereocenters. The summed E-state index contributed by atoms with van der Waals surface area (Å²) in [5.41, 5.74) is 1.73. The molecule has 5 nitrogen and oxygen atoms in total. The zero-order chi connectivity index (χ0) is 19.8. The van der Waals surface area contributed by atoms with Crippen molar-refractivity contribution in [1.82, 2.24) is 9.80 Å². The largest absolute Gasteiger partial charge is 0.491 e. The first kappa shape index (κ1) is 20.2. The lowest BCUT2D eigenvalue weighted by molar-refractivity contribution is -0.132. The van der Waals surface area contributed by atoms with E-state index in [4.69, 9.17) is 21.6 Å². The van der Waals surface area contributed by atoms with Crippen LogP contribution in [0.25, 0.3) is 0 Å². The zero-order valence-corrected chi connectivity index (χ0v) is 16.6. The molecule has 2 aromatic rings. The number of amides is 1. The maximum absolute atomic E-state index is 12.5. The van der Waals surface area contributed by atoms with Crippen LogP contribution in [0.3, 0.4) is 0 Å². The molecule has 0 aromatic heterocycles. The van der Waals surface area contributed by atoms with E-state index in [0.29, 0.717) is 35.8 Å². The Morgan fingerprint density at radius 3 is 2.46 bits per heavy atom. The first-order chi connectivity index (χ1) is 13.7. The quantitative estimate of drug-likeness (QED) is 0.718. The van der Waals surface area contributed by atoms with Gasteiger partial charge in [0.25, 0.3) is 0 Å². The van der Waals surface area contributed by atoms with Crippen LogP contribution in [0.1, 0.15) is 17.5 Å². The number of halogens is 1. The number of aryl methyl sites for hydroxylation is 1. The van der Waals surface area contributed by atoms with E-state index in [9.17, 15) is 4.79 Å². The molecule has 6 heteroatoms. The van der Waals surface area contributed by atoms with E-state index in [1.165, 1.54) is 0 Å². The molecule has 28 heavy (non-hydrogen) atoms. The molecule has 1 aliphatic rings. The van der Waals surface area contributed by atoms with Gasteiger partial charge in [0.1, 0.15) is 12.4 Å². The molecule has 1 aliphatic heterocycles. The Morgan fingerprint density at radius 1 is 1.07 bits per heavy atom. The third kappa shape index (κ3) is 5.72. The lowest BCUT2D eigenvalue weighted by atomic mass is 10.1. The van der Waals surface area contributed by atoms with Crippen molar-refractivity contribution >= 4 is 17.5 Å². The summed E-state index contributed by atoms with van der Waals surface area (Å²) in [6.45, 7) is 4.61. The van der Waals surface area contributed by atoms with Crippen LogP contribution in [-0.2, 0) is 11.2 Å². The highest BCUT2D eigenvalue weighted by atomic mass is 35.5. The summed E-state index contributed by atoms with van der Waals surface area (Å²) < 4.78 is 5.74. The molecule has 0 aliphatic carbocycles. The molecule has 0 radical (unpaired) electrons. The smallest absolute Gasteiger partial charge is 0.222 e. The van der Waals surface area contributed by atoms with E-state index in [1.54, 1.807) is 12.1 Å². The Balaban J connectivity index is 1.35. The lowest BCUT2D eigenvalue weighted by Crippen LogP contribution is -2.49. The number of para-hydroxylation sites is 1. The maximum atomic E-state index is 12.5. The summed E-state index contributed by atoms with van der Waals surface area (Å²) in [6.07, 6.45) is 1.21. The predicted molar refractivity (Wildman–Crippen MR) is 109 cm³/mol. The Bertz CT molecular complexity index is 824. The van der Waals surface area contributed by atoms with Gasteiger partial charge in [0.15, 0.2) is 0 Å². The van der Waals surface area contributed by atoms with Crippen molar-refractivity contribution in [3.63, 3.8) is 0 Å². The minimum absolute atomic E-state index is 0.191. The minimum Gasteiger partial charge on any atom is -0.491 e. The van der Waals surface area contributed by atoms with E-state index < -0.39 is 0 Å². The van der Waals surface area contributed by atoms with Crippen LogP contribution in [-0.4, -0.2) is 55.0 Å². The number of rotatable bonds is 7. The van der Waals surface area contributed by atoms with E-state index in [1.807, 2.05) is 41.3 Å². The molecule has 0 spiro atoms. The van der Waals surface area contributed by atoms with Gasteiger partial charge in [-0.3, -0.25) is 9.69 Å². The SMILES string of the molecule is N#Cc1ccc(CCC(=O)N2CCN(CCOc3ccccc3Cl)CC2)cc1. The van der Waals surface area contributed by atoms with Crippen molar-refractivity contribution in [2.75, 3.05) is 39.3 Å². The highest BCUT2D eigenvalue weighted by Gasteiger charge is 2.20. The second-order valence-electron chi connectivity index (χ2n) is 6.81. The van der Waals surface area contributed by atoms with Crippen LogP contribution < -0.4 is 4.74 Å². The van der Waals surface area contributed by atoms with Crippen LogP contribution in [0.4, 0.5) is 0 Å². The van der Waals surface area contributed by atoms with Gasteiger partial charge in [-0.05, 0) is 36.2 Å². The van der Waals surface area contributed by atoms with Crippen LogP contribution in [0.5, 0.6) is 5.75 Å². The molecule has 0 N–H and O–H groups in total. The minimum atomic E-state index is 0.191. The fourth-order valence-corrected chi connectivity index (χ4v) is 3.41. The van der Waals surface area contributed by atoms with Gasteiger partial charge >= 0.3 is 0 Å². The fourth-order valence-electron chi connectivity index (χ4n) is 3.22. The maximum Gasteiger partial charge on any atom is 0.222 e. The van der Waals surface area contributed by atoms with E-state index in [-0.39, 0.29) is 5.91 Å². The standard InChI is InChI=1S/C22H24ClN3O2/c23-20-3-1-2-4-21(20)28-16-15-25-11-13-26(14-12-25)22(27)10-9-18-5-7-19(17-24)8-6-18/h1-8H,9-16H2. The molecule has 1 amide bonds. The van der Waals surface area contributed by atoms with Crippen molar-refractivity contribution in [2.45, 2.75) is 12.8 Å². The van der Waals surface area contributed by atoms with Gasteiger partial charge in [0.2, 0.25) is 5.91 Å². The normalized spacial score (nSPS) is 14.5. The second-order valence-corrected chi connectivity index (χ2v) is 7.22. The third-order valence-corrected chi connectivity index (χ3v) is 5.25. The molecular formula is C22H24ClN3O2. The van der Waals surface area contributed by atoms with Crippen LogP contribution in [0.15, 0.2) is 48.5 Å². The highest BCUT2D eigenvalue weighted by Crippen LogP contribution is 2.22. The number of hydrogen-bond acceptors (Lipinski definition) is 4. The van der Waals surface area contributed by atoms with Crippen molar-refractivity contribution in [3.8, 4) is 11.8 Å². The fraction of sp³-hybridized carbons (Fsp3) is 0.364. The molecule has 0 saturated carbocycles. The van der Waals surface area contributed by atoms with Gasteiger partial charge in [0, 0.05) is 39.1 Å². The molecule has 3 rings (SSSR count). The summed E-state index contributed by atoms with van der Waals surface area (Å²) in [5, 5.41) is 9.46. The number of ether oxygens (including phenoxy) is 1. The summed E-state index contributed by atoms with van der Waals surface area (Å²) in [6, 6.07) is 17.0. The zero-order valence-electron chi connectivity index (χ0n) is 15.8. The van der Waals surface area contributed by atoms with Gasteiger partial charge in [-0.2, -0.15) is 5.26 Å². The van der Waals surface area contributed by atoms with Crippen LogP contribution in [0, 0.1) is 11.3 Å². The van der Waals surface area contributed by atoms with Crippen molar-refractivity contribution in [1.29, 1.82) is 5.26 Å². The number of carbonyl (C=O) groups is 1. The third-order valence-electron chi connectivity index (χ3n) is 4.94. The van der Waals surface area contributed by atoms with Crippen molar-refractivity contribution < 1.29 is 9.53 Å². The number of piperazine rings is 1. The van der Waals surface area contributed by atoms with Gasteiger partial charge < -0.3 is 9.64 Å². The molecule has 1 fully saturated rings. The molecule has 1 heterocycles. The molecule has 0 bridgehead atoms. The summed E-state index contributed by atoms with van der Waals surface area (Å²) in [4.78, 5) is 16.7. The molecule has 146 valence electrons. The lowest BCUT2D eigenvalue weighted by Gasteiger charge is -2.34. The Morgan fingerprint density at radius 2 is 1.79 bits per heavy atom. The van der Waals surface area contributed by atoms with Gasteiger partial charge in [0.05, 0.1) is 16.7 Å². The number of nitriles is 1. The van der Waals surface area contributed by atoms with Crippen molar-refractivity contribution in [3.05, 3.63) is 64.7 Å². The Hall–Kier alpha value is -2.55. The molecule has 1 saturated heterocycles. The highest BCUT2D eigenvalue weighted by molar-refractivity contribution is 6.32. The number of benzene rings is 2. The van der Waals surface area contributed by atoms with Crippen LogP contribution in [0.2, 0.25) is 5.02 Å². The van der Waals surface area contributed by atoms with Crippen molar-refractivity contribution in [2.24, 2.45) is 0 Å². The Labute approximate surface area is 171 Å². The van der Waals surface area contributed by atoms with E-state index in [2.05, 4.69) is 11.0 Å². The molecular weight excluding hydrogens is 374 g/mol. The van der Waals surface area contributed by atoms with Gasteiger partial charge in [-0.15, -0.1) is 0 Å². The first-order valence-corrected chi connectivity index (χ1v) is 9.90. The summed E-state index contributed by atoms with van der Waals surface area (Å²) >= 11 is 6.09.